The van der Waals surface area contributed by atoms with Crippen molar-refractivity contribution in [3.63, 3.8) is 0 Å². The van der Waals surface area contributed by atoms with E-state index < -0.39 is 0 Å². The summed E-state index contributed by atoms with van der Waals surface area (Å²) >= 11 is 0. The van der Waals surface area contributed by atoms with E-state index in [0.29, 0.717) is 5.78 Å². The first-order valence-electron chi connectivity index (χ1n) is 6.29. The summed E-state index contributed by atoms with van der Waals surface area (Å²) in [5, 5.41) is 7.63. The number of hydrogen-bond acceptors (Lipinski definition) is 5. The van der Waals surface area contributed by atoms with Gasteiger partial charge in [0, 0.05) is 18.4 Å². The standard InChI is InChI=1S/C12H17N5O/c1-8-6-11(17-12(15-8)13-7-14-17)16-9(2)10-4-3-5-18-10/h6-7,9-10,16H,3-5H2,1-2H3/t9-,10-/m1/s1. The van der Waals surface area contributed by atoms with Gasteiger partial charge in [-0.2, -0.15) is 14.6 Å². The van der Waals surface area contributed by atoms with Crippen molar-refractivity contribution in [2.75, 3.05) is 11.9 Å². The van der Waals surface area contributed by atoms with Crippen LogP contribution in [0.15, 0.2) is 12.4 Å². The second kappa shape index (κ2) is 4.53. The van der Waals surface area contributed by atoms with Gasteiger partial charge in [-0.3, -0.25) is 0 Å². The predicted octanol–water partition coefficient (Wildman–Crippen LogP) is 1.41. The third kappa shape index (κ3) is 2.03. The Labute approximate surface area is 105 Å². The van der Waals surface area contributed by atoms with Crippen molar-refractivity contribution in [3.8, 4) is 0 Å². The minimum atomic E-state index is 0.252. The first kappa shape index (κ1) is 11.4. The molecule has 2 atom stereocenters. The van der Waals surface area contributed by atoms with Crippen LogP contribution in [-0.2, 0) is 4.74 Å². The van der Waals surface area contributed by atoms with Gasteiger partial charge in [-0.1, -0.05) is 0 Å². The van der Waals surface area contributed by atoms with Gasteiger partial charge in [0.15, 0.2) is 0 Å². The first-order valence-corrected chi connectivity index (χ1v) is 6.29. The van der Waals surface area contributed by atoms with Crippen molar-refractivity contribution >= 4 is 11.6 Å². The van der Waals surface area contributed by atoms with Gasteiger partial charge in [-0.25, -0.2) is 4.98 Å². The van der Waals surface area contributed by atoms with Gasteiger partial charge in [-0.05, 0) is 26.7 Å². The zero-order chi connectivity index (χ0) is 12.5. The number of ether oxygens (including phenoxy) is 1. The molecule has 0 radical (unpaired) electrons. The van der Waals surface area contributed by atoms with Gasteiger partial charge >= 0.3 is 0 Å². The number of nitrogens with zero attached hydrogens (tertiary/aromatic N) is 4. The quantitative estimate of drug-likeness (QED) is 0.888. The lowest BCUT2D eigenvalue weighted by Gasteiger charge is -2.21. The van der Waals surface area contributed by atoms with Crippen molar-refractivity contribution in [1.29, 1.82) is 0 Å². The van der Waals surface area contributed by atoms with Gasteiger partial charge in [0.25, 0.3) is 5.78 Å². The van der Waals surface area contributed by atoms with Crippen LogP contribution in [0.5, 0.6) is 0 Å². The van der Waals surface area contributed by atoms with E-state index in [-0.39, 0.29) is 12.1 Å². The van der Waals surface area contributed by atoms with Crippen LogP contribution in [0, 0.1) is 6.92 Å². The molecule has 1 aliphatic rings. The van der Waals surface area contributed by atoms with Crippen LogP contribution in [0.1, 0.15) is 25.5 Å². The van der Waals surface area contributed by atoms with E-state index in [4.69, 9.17) is 4.74 Å². The van der Waals surface area contributed by atoms with E-state index in [9.17, 15) is 0 Å². The Morgan fingerprint density at radius 1 is 1.56 bits per heavy atom. The van der Waals surface area contributed by atoms with Crippen molar-refractivity contribution in [3.05, 3.63) is 18.1 Å². The summed E-state index contributed by atoms with van der Waals surface area (Å²) in [6, 6.07) is 2.23. The number of rotatable bonds is 3. The Kier molecular flexibility index (Phi) is 2.87. The highest BCUT2D eigenvalue weighted by atomic mass is 16.5. The van der Waals surface area contributed by atoms with Crippen molar-refractivity contribution < 1.29 is 4.74 Å². The summed E-state index contributed by atoms with van der Waals surface area (Å²) in [4.78, 5) is 8.43. The summed E-state index contributed by atoms with van der Waals surface area (Å²) in [5.41, 5.74) is 0.928. The lowest BCUT2D eigenvalue weighted by Crippen LogP contribution is -2.31. The van der Waals surface area contributed by atoms with Crippen LogP contribution < -0.4 is 5.32 Å². The van der Waals surface area contributed by atoms with Gasteiger partial charge < -0.3 is 10.1 Å². The van der Waals surface area contributed by atoms with Gasteiger partial charge in [0.2, 0.25) is 0 Å². The normalized spacial score (nSPS) is 21.3. The maximum Gasteiger partial charge on any atom is 0.254 e. The average Bonchev–Trinajstić information content (AvgIpc) is 2.98. The fraction of sp³-hybridized carbons (Fsp3) is 0.583. The molecule has 0 saturated carbocycles. The number of fused-ring (bicyclic) bond motifs is 1. The number of anilines is 1. The maximum absolute atomic E-state index is 5.69. The zero-order valence-corrected chi connectivity index (χ0v) is 10.6. The third-order valence-corrected chi connectivity index (χ3v) is 3.28. The second-order valence-electron chi connectivity index (χ2n) is 4.74. The topological polar surface area (TPSA) is 64.3 Å². The highest BCUT2D eigenvalue weighted by Gasteiger charge is 2.23. The molecule has 6 nitrogen and oxygen atoms in total. The van der Waals surface area contributed by atoms with Crippen LogP contribution in [0.3, 0.4) is 0 Å². The number of aromatic nitrogens is 4. The average molecular weight is 247 g/mol. The first-order chi connectivity index (χ1) is 8.74. The van der Waals surface area contributed by atoms with Crippen LogP contribution in [0.4, 0.5) is 5.82 Å². The Hall–Kier alpha value is -1.69. The Morgan fingerprint density at radius 3 is 3.22 bits per heavy atom. The molecule has 1 saturated heterocycles. The molecular formula is C12H17N5O. The van der Waals surface area contributed by atoms with Crippen LogP contribution in [0.2, 0.25) is 0 Å². The molecule has 1 N–H and O–H groups in total. The fourth-order valence-corrected chi connectivity index (χ4v) is 2.36. The van der Waals surface area contributed by atoms with Gasteiger partial charge in [-0.15, -0.1) is 0 Å². The number of aryl methyl sites for hydroxylation is 1. The molecule has 6 heteroatoms. The van der Waals surface area contributed by atoms with E-state index in [2.05, 4.69) is 27.3 Å². The summed E-state index contributed by atoms with van der Waals surface area (Å²) in [7, 11) is 0. The molecule has 0 amide bonds. The molecule has 2 aromatic rings. The Bertz CT molecular complexity index is 546. The van der Waals surface area contributed by atoms with Crippen LogP contribution in [0.25, 0.3) is 5.78 Å². The van der Waals surface area contributed by atoms with Crippen molar-refractivity contribution in [2.24, 2.45) is 0 Å². The largest absolute Gasteiger partial charge is 0.376 e. The highest BCUT2D eigenvalue weighted by molar-refractivity contribution is 5.45. The summed E-state index contributed by atoms with van der Waals surface area (Å²) in [6.45, 7) is 4.95. The van der Waals surface area contributed by atoms with E-state index >= 15 is 0 Å². The highest BCUT2D eigenvalue weighted by Crippen LogP contribution is 2.19. The van der Waals surface area contributed by atoms with E-state index in [1.807, 2.05) is 13.0 Å². The lowest BCUT2D eigenvalue weighted by molar-refractivity contribution is 0.0995. The van der Waals surface area contributed by atoms with Gasteiger partial charge in [0.05, 0.1) is 12.1 Å². The third-order valence-electron chi connectivity index (χ3n) is 3.28. The number of nitrogens with one attached hydrogen (secondary N) is 1. The molecule has 3 heterocycles. The predicted molar refractivity (Wildman–Crippen MR) is 67.6 cm³/mol. The number of hydrogen-bond donors (Lipinski definition) is 1. The molecule has 96 valence electrons. The monoisotopic (exact) mass is 247 g/mol. The smallest absolute Gasteiger partial charge is 0.254 e. The van der Waals surface area contributed by atoms with Crippen molar-refractivity contribution in [1.82, 2.24) is 19.6 Å². The zero-order valence-electron chi connectivity index (χ0n) is 10.6. The van der Waals surface area contributed by atoms with E-state index in [1.54, 1.807) is 4.52 Å². The molecule has 1 aliphatic heterocycles. The maximum atomic E-state index is 5.69. The van der Waals surface area contributed by atoms with E-state index in [1.165, 1.54) is 6.33 Å². The van der Waals surface area contributed by atoms with Crippen molar-refractivity contribution in [2.45, 2.75) is 38.8 Å². The Morgan fingerprint density at radius 2 is 2.44 bits per heavy atom. The molecule has 0 spiro atoms. The van der Waals surface area contributed by atoms with Gasteiger partial charge in [0.1, 0.15) is 12.1 Å². The minimum absolute atomic E-state index is 0.252. The van der Waals surface area contributed by atoms with Crippen LogP contribution in [-0.4, -0.2) is 38.3 Å². The molecular weight excluding hydrogens is 230 g/mol. The fourth-order valence-electron chi connectivity index (χ4n) is 2.36. The molecule has 18 heavy (non-hydrogen) atoms. The summed E-state index contributed by atoms with van der Waals surface area (Å²) in [5.74, 6) is 1.54. The molecule has 2 aromatic heterocycles. The molecule has 1 fully saturated rings. The SMILES string of the molecule is Cc1cc(N[C@H](C)[C@H]2CCCO2)n2ncnc2n1. The lowest BCUT2D eigenvalue weighted by atomic mass is 10.1. The molecule has 0 unspecified atom stereocenters. The molecule has 0 aliphatic carbocycles. The molecule has 0 aromatic carbocycles. The molecule has 0 bridgehead atoms. The summed E-state index contributed by atoms with van der Waals surface area (Å²) < 4.78 is 7.41. The minimum Gasteiger partial charge on any atom is -0.376 e. The van der Waals surface area contributed by atoms with Crippen LogP contribution >= 0.6 is 0 Å². The second-order valence-corrected chi connectivity index (χ2v) is 4.74. The van der Waals surface area contributed by atoms with E-state index in [0.717, 1.165) is 31.0 Å². The summed E-state index contributed by atoms with van der Waals surface area (Å²) in [6.07, 6.45) is 4.05. The molecule has 3 rings (SSSR count). The Balaban J connectivity index is 1.86.